The molecule has 0 aromatic heterocycles. The summed E-state index contributed by atoms with van der Waals surface area (Å²) >= 11 is 12.5. The molecule has 3 aromatic carbocycles. The lowest BCUT2D eigenvalue weighted by molar-refractivity contribution is -0.140. The third-order valence-electron chi connectivity index (χ3n) is 6.40. The summed E-state index contributed by atoms with van der Waals surface area (Å²) in [6.45, 7) is 12.2. The largest absolute Gasteiger partial charge is 0.350 e. The van der Waals surface area contributed by atoms with E-state index in [1.54, 1.807) is 49.4 Å². The number of anilines is 1. The van der Waals surface area contributed by atoms with Gasteiger partial charge >= 0.3 is 0 Å². The van der Waals surface area contributed by atoms with Crippen LogP contribution in [0.1, 0.15) is 49.9 Å². The quantitative estimate of drug-likeness (QED) is 0.299. The molecule has 0 saturated heterocycles. The second kappa shape index (κ2) is 12.8. The van der Waals surface area contributed by atoms with E-state index >= 15 is 0 Å². The number of carbonyl (C=O) groups excluding carboxylic acids is 2. The molecule has 3 aromatic rings. The monoisotopic (exact) mass is 617 g/mol. The molecular weight excluding hydrogens is 581 g/mol. The third-order valence-corrected chi connectivity index (χ3v) is 8.78. The number of hydrogen-bond donors (Lipinski definition) is 1. The van der Waals surface area contributed by atoms with Gasteiger partial charge in [0, 0.05) is 22.1 Å². The van der Waals surface area contributed by atoms with Crippen molar-refractivity contribution in [3.8, 4) is 0 Å². The van der Waals surface area contributed by atoms with Crippen LogP contribution in [0.15, 0.2) is 65.6 Å². The second-order valence-electron chi connectivity index (χ2n) is 11.3. The predicted molar refractivity (Wildman–Crippen MR) is 166 cm³/mol. The predicted octanol–water partition coefficient (Wildman–Crippen LogP) is 6.45. The maximum Gasteiger partial charge on any atom is 0.264 e. The number of nitrogens with zero attached hydrogens (tertiary/aromatic N) is 2. The smallest absolute Gasteiger partial charge is 0.264 e. The maximum atomic E-state index is 14.1. The summed E-state index contributed by atoms with van der Waals surface area (Å²) in [5, 5.41) is 3.67. The van der Waals surface area contributed by atoms with Gasteiger partial charge in [0.1, 0.15) is 12.6 Å². The second-order valence-corrected chi connectivity index (χ2v) is 14.0. The number of aryl methyl sites for hydroxylation is 3. The highest BCUT2D eigenvalue weighted by Crippen LogP contribution is 2.28. The van der Waals surface area contributed by atoms with Crippen LogP contribution in [0.2, 0.25) is 10.0 Å². The van der Waals surface area contributed by atoms with E-state index in [1.807, 2.05) is 47.6 Å². The zero-order chi connectivity index (χ0) is 30.7. The molecular formula is C31H37Cl2N3O4S. The van der Waals surface area contributed by atoms with Crippen molar-refractivity contribution in [1.29, 1.82) is 0 Å². The molecule has 0 radical (unpaired) electrons. The van der Waals surface area contributed by atoms with Crippen LogP contribution in [-0.4, -0.2) is 43.3 Å². The first-order chi connectivity index (χ1) is 19.0. The Morgan fingerprint density at radius 3 is 2.00 bits per heavy atom. The van der Waals surface area contributed by atoms with Crippen LogP contribution in [0.5, 0.6) is 0 Å². The molecule has 220 valence electrons. The molecule has 10 heteroatoms. The number of sulfonamides is 1. The van der Waals surface area contributed by atoms with Gasteiger partial charge in [0.05, 0.1) is 10.6 Å². The zero-order valence-corrected chi connectivity index (χ0v) is 26.8. The number of rotatable bonds is 9. The summed E-state index contributed by atoms with van der Waals surface area (Å²) in [4.78, 5) is 28.7. The van der Waals surface area contributed by atoms with E-state index in [9.17, 15) is 18.0 Å². The van der Waals surface area contributed by atoms with Gasteiger partial charge in [-0.1, -0.05) is 53.0 Å². The van der Waals surface area contributed by atoms with E-state index in [1.165, 1.54) is 17.0 Å². The highest BCUT2D eigenvalue weighted by atomic mass is 35.5. The van der Waals surface area contributed by atoms with Gasteiger partial charge in [0.15, 0.2) is 0 Å². The van der Waals surface area contributed by atoms with Gasteiger partial charge < -0.3 is 10.2 Å². The first kappa shape index (κ1) is 32.4. The first-order valence-corrected chi connectivity index (χ1v) is 15.4. The zero-order valence-electron chi connectivity index (χ0n) is 24.5. The standard InChI is InChI=1S/C31H37Cl2N3O4S/c1-20-8-12-27(13-9-20)41(39,40)36(26-15-21(2)14-22(3)16-26)19-29(37)35(23(4)30(38)34-31(5,6)7)18-24-10-11-25(32)17-28(24)33/h8-17,23H,18-19H2,1-7H3,(H,34,38)/t23-/m1/s1. The SMILES string of the molecule is Cc1ccc(S(=O)(=O)N(CC(=O)N(Cc2ccc(Cl)cc2Cl)[C@H](C)C(=O)NC(C)(C)C)c2cc(C)cc(C)c2)cc1. The minimum absolute atomic E-state index is 0.0289. The third kappa shape index (κ3) is 8.47. The first-order valence-electron chi connectivity index (χ1n) is 13.2. The van der Waals surface area contributed by atoms with Crippen LogP contribution in [0, 0.1) is 20.8 Å². The Balaban J connectivity index is 2.09. The fourth-order valence-corrected chi connectivity index (χ4v) is 6.22. The van der Waals surface area contributed by atoms with Crippen molar-refractivity contribution in [2.75, 3.05) is 10.8 Å². The molecule has 0 fully saturated rings. The minimum atomic E-state index is -4.15. The fourth-order valence-electron chi connectivity index (χ4n) is 4.35. The lowest BCUT2D eigenvalue weighted by atomic mass is 10.1. The molecule has 0 heterocycles. The number of hydrogen-bond acceptors (Lipinski definition) is 4. The number of halogens is 2. The molecule has 2 amide bonds. The van der Waals surface area contributed by atoms with Crippen molar-refractivity contribution in [3.05, 3.63) is 93.0 Å². The van der Waals surface area contributed by atoms with Crippen molar-refractivity contribution >= 4 is 50.7 Å². The van der Waals surface area contributed by atoms with Crippen LogP contribution in [0.3, 0.4) is 0 Å². The molecule has 0 bridgehead atoms. The average molecular weight is 619 g/mol. The molecule has 1 atom stereocenters. The summed E-state index contributed by atoms with van der Waals surface area (Å²) in [7, 11) is -4.15. The summed E-state index contributed by atoms with van der Waals surface area (Å²) in [6, 6.07) is 15.8. The van der Waals surface area contributed by atoms with Crippen molar-refractivity contribution in [2.24, 2.45) is 0 Å². The highest BCUT2D eigenvalue weighted by molar-refractivity contribution is 7.92. The fraction of sp³-hybridized carbons (Fsp3) is 0.355. The Kier molecular flexibility index (Phi) is 10.2. The van der Waals surface area contributed by atoms with Crippen LogP contribution in [0.25, 0.3) is 0 Å². The molecule has 7 nitrogen and oxygen atoms in total. The molecule has 3 rings (SSSR count). The summed E-state index contributed by atoms with van der Waals surface area (Å²) in [5.41, 5.74) is 2.98. The highest BCUT2D eigenvalue weighted by Gasteiger charge is 2.33. The molecule has 0 aliphatic heterocycles. The molecule has 0 saturated carbocycles. The van der Waals surface area contributed by atoms with Crippen LogP contribution in [-0.2, 0) is 26.2 Å². The average Bonchev–Trinajstić information content (AvgIpc) is 2.84. The van der Waals surface area contributed by atoms with Crippen LogP contribution < -0.4 is 9.62 Å². The number of amides is 2. The lowest BCUT2D eigenvalue weighted by Crippen LogP contribution is -2.54. The van der Waals surface area contributed by atoms with Gasteiger partial charge in [0.25, 0.3) is 10.0 Å². The number of benzene rings is 3. The van der Waals surface area contributed by atoms with Crippen molar-refractivity contribution in [3.63, 3.8) is 0 Å². The molecule has 0 spiro atoms. The summed E-state index contributed by atoms with van der Waals surface area (Å²) in [5.74, 6) is -0.947. The van der Waals surface area contributed by atoms with E-state index in [0.29, 0.717) is 21.3 Å². The Morgan fingerprint density at radius 2 is 1.46 bits per heavy atom. The topological polar surface area (TPSA) is 86.8 Å². The number of nitrogens with one attached hydrogen (secondary N) is 1. The van der Waals surface area contributed by atoms with E-state index < -0.39 is 34.1 Å². The van der Waals surface area contributed by atoms with E-state index in [-0.39, 0.29) is 17.3 Å². The number of carbonyl (C=O) groups is 2. The molecule has 0 aliphatic carbocycles. The molecule has 41 heavy (non-hydrogen) atoms. The summed E-state index contributed by atoms with van der Waals surface area (Å²) < 4.78 is 29.1. The van der Waals surface area contributed by atoms with Gasteiger partial charge in [-0.15, -0.1) is 0 Å². The normalized spacial score (nSPS) is 12.5. The van der Waals surface area contributed by atoms with Gasteiger partial charge in [0.2, 0.25) is 11.8 Å². The van der Waals surface area contributed by atoms with Crippen molar-refractivity contribution in [1.82, 2.24) is 10.2 Å². The summed E-state index contributed by atoms with van der Waals surface area (Å²) in [6.07, 6.45) is 0. The van der Waals surface area contributed by atoms with Crippen molar-refractivity contribution < 1.29 is 18.0 Å². The van der Waals surface area contributed by atoms with E-state index in [4.69, 9.17) is 23.2 Å². The Morgan fingerprint density at radius 1 is 0.878 bits per heavy atom. The Bertz CT molecular complexity index is 1510. The molecule has 1 N–H and O–H groups in total. The Hall–Kier alpha value is -3.07. The molecule has 0 aliphatic rings. The molecule has 0 unspecified atom stereocenters. The van der Waals surface area contributed by atoms with Gasteiger partial charge in [-0.05, 0) is 102 Å². The van der Waals surface area contributed by atoms with Gasteiger partial charge in [-0.25, -0.2) is 8.42 Å². The van der Waals surface area contributed by atoms with Crippen LogP contribution >= 0.6 is 23.2 Å². The minimum Gasteiger partial charge on any atom is -0.350 e. The lowest BCUT2D eigenvalue weighted by Gasteiger charge is -2.33. The van der Waals surface area contributed by atoms with E-state index in [2.05, 4.69) is 5.32 Å². The van der Waals surface area contributed by atoms with Crippen molar-refractivity contribution in [2.45, 2.75) is 71.5 Å². The Labute approximate surface area is 253 Å². The maximum absolute atomic E-state index is 14.1. The van der Waals surface area contributed by atoms with E-state index in [0.717, 1.165) is 21.0 Å². The van der Waals surface area contributed by atoms with Crippen LogP contribution in [0.4, 0.5) is 5.69 Å². The van der Waals surface area contributed by atoms with Gasteiger partial charge in [-0.2, -0.15) is 0 Å². The van der Waals surface area contributed by atoms with Gasteiger partial charge in [-0.3, -0.25) is 13.9 Å².